The first-order valence-corrected chi connectivity index (χ1v) is 9.64. The summed E-state index contributed by atoms with van der Waals surface area (Å²) in [5.74, 6) is 0.864. The lowest BCUT2D eigenvalue weighted by Crippen LogP contribution is -2.46. The average molecular weight is 353 g/mol. The highest BCUT2D eigenvalue weighted by Crippen LogP contribution is 2.31. The molecule has 5 heteroatoms. The van der Waals surface area contributed by atoms with Crippen LogP contribution in [-0.2, 0) is 0 Å². The number of ether oxygens (including phenoxy) is 1. The molecule has 2 aliphatic rings. The van der Waals surface area contributed by atoms with Crippen molar-refractivity contribution in [1.82, 2.24) is 15.2 Å². The minimum Gasteiger partial charge on any atom is -0.497 e. The molecule has 2 amide bonds. The van der Waals surface area contributed by atoms with Crippen LogP contribution in [-0.4, -0.2) is 42.2 Å². The van der Waals surface area contributed by atoms with Crippen LogP contribution in [0.1, 0.15) is 44.1 Å². The normalized spacial score (nSPS) is 18.7. The number of nitrogens with one attached hydrogen (secondary N) is 2. The van der Waals surface area contributed by atoms with E-state index >= 15 is 0 Å². The summed E-state index contributed by atoms with van der Waals surface area (Å²) in [6, 6.07) is 6.54. The SMILES string of the molecule is COc1ccc2[nH]cc(C3=CCN(C(=O)NC4CCCCC4)CC3)c2c1. The maximum Gasteiger partial charge on any atom is 0.317 e. The molecular weight excluding hydrogens is 326 g/mol. The van der Waals surface area contributed by atoms with E-state index in [2.05, 4.69) is 28.6 Å². The first kappa shape index (κ1) is 17.0. The highest BCUT2D eigenvalue weighted by molar-refractivity contribution is 5.94. The summed E-state index contributed by atoms with van der Waals surface area (Å²) in [5.41, 5.74) is 3.62. The molecule has 4 rings (SSSR count). The van der Waals surface area contributed by atoms with E-state index in [1.54, 1.807) is 7.11 Å². The van der Waals surface area contributed by atoms with Gasteiger partial charge in [0.2, 0.25) is 0 Å². The average Bonchev–Trinajstić information content (AvgIpc) is 3.12. The fraction of sp³-hybridized carbons (Fsp3) is 0.476. The Hall–Kier alpha value is -2.43. The molecule has 26 heavy (non-hydrogen) atoms. The van der Waals surface area contributed by atoms with Crippen molar-refractivity contribution in [2.24, 2.45) is 0 Å². The van der Waals surface area contributed by atoms with Gasteiger partial charge in [0.1, 0.15) is 5.75 Å². The second-order valence-corrected chi connectivity index (χ2v) is 7.32. The van der Waals surface area contributed by atoms with Crippen LogP contribution in [0.2, 0.25) is 0 Å². The number of fused-ring (bicyclic) bond motifs is 1. The number of amides is 2. The molecule has 5 nitrogen and oxygen atoms in total. The maximum absolute atomic E-state index is 12.5. The summed E-state index contributed by atoms with van der Waals surface area (Å²) >= 11 is 0. The Kier molecular flexibility index (Phi) is 4.87. The standard InChI is InChI=1S/C21H27N3O2/c1-26-17-7-8-20-18(13-17)19(14-22-20)15-9-11-24(12-10-15)21(25)23-16-5-3-2-4-6-16/h7-9,13-14,16,22H,2-6,10-12H2,1H3,(H,23,25). The largest absolute Gasteiger partial charge is 0.497 e. The topological polar surface area (TPSA) is 57.4 Å². The van der Waals surface area contributed by atoms with Gasteiger partial charge < -0.3 is 19.9 Å². The number of urea groups is 1. The molecule has 1 aliphatic heterocycles. The van der Waals surface area contributed by atoms with Crippen LogP contribution in [0.15, 0.2) is 30.5 Å². The summed E-state index contributed by atoms with van der Waals surface area (Å²) in [6.45, 7) is 1.44. The maximum atomic E-state index is 12.5. The van der Waals surface area contributed by atoms with Gasteiger partial charge in [0.05, 0.1) is 7.11 Å². The van der Waals surface area contributed by atoms with Gasteiger partial charge in [0.15, 0.2) is 0 Å². The molecule has 138 valence electrons. The zero-order chi connectivity index (χ0) is 17.9. The Bertz CT molecular complexity index is 818. The van der Waals surface area contributed by atoms with Crippen LogP contribution in [0, 0.1) is 0 Å². The Morgan fingerprint density at radius 3 is 2.85 bits per heavy atom. The summed E-state index contributed by atoms with van der Waals surface area (Å²) in [4.78, 5) is 17.8. The molecule has 0 atom stereocenters. The van der Waals surface area contributed by atoms with Crippen molar-refractivity contribution >= 4 is 22.5 Å². The lowest BCUT2D eigenvalue weighted by atomic mass is 9.95. The van der Waals surface area contributed by atoms with E-state index in [9.17, 15) is 4.79 Å². The van der Waals surface area contributed by atoms with Crippen molar-refractivity contribution in [1.29, 1.82) is 0 Å². The number of carbonyl (C=O) groups excluding carboxylic acids is 1. The fourth-order valence-corrected chi connectivity index (χ4v) is 4.10. The molecule has 1 aliphatic carbocycles. The highest BCUT2D eigenvalue weighted by Gasteiger charge is 2.22. The van der Waals surface area contributed by atoms with E-state index in [1.165, 1.54) is 35.8 Å². The number of aromatic amines is 1. The van der Waals surface area contributed by atoms with Gasteiger partial charge in [0.25, 0.3) is 0 Å². The summed E-state index contributed by atoms with van der Waals surface area (Å²) in [7, 11) is 1.69. The third-order valence-corrected chi connectivity index (χ3v) is 5.66. The Labute approximate surface area is 154 Å². The first-order valence-electron chi connectivity index (χ1n) is 9.64. The molecule has 0 spiro atoms. The second-order valence-electron chi connectivity index (χ2n) is 7.32. The highest BCUT2D eigenvalue weighted by atomic mass is 16.5. The quantitative estimate of drug-likeness (QED) is 0.864. The number of carbonyl (C=O) groups is 1. The number of hydrogen-bond donors (Lipinski definition) is 2. The number of methoxy groups -OCH3 is 1. The molecule has 2 heterocycles. The molecule has 0 radical (unpaired) electrons. The zero-order valence-electron chi connectivity index (χ0n) is 15.4. The van der Waals surface area contributed by atoms with Gasteiger partial charge in [-0.3, -0.25) is 0 Å². The number of hydrogen-bond acceptors (Lipinski definition) is 2. The summed E-state index contributed by atoms with van der Waals surface area (Å²) in [6.07, 6.45) is 11.1. The van der Waals surface area contributed by atoms with Gasteiger partial charge >= 0.3 is 6.03 Å². The van der Waals surface area contributed by atoms with E-state index < -0.39 is 0 Å². The molecule has 2 aromatic rings. The molecule has 1 saturated carbocycles. The minimum absolute atomic E-state index is 0.0906. The number of rotatable bonds is 3. The minimum atomic E-state index is 0.0906. The molecule has 1 aromatic carbocycles. The zero-order valence-corrected chi connectivity index (χ0v) is 15.4. The molecule has 0 saturated heterocycles. The number of H-pyrrole nitrogens is 1. The number of benzene rings is 1. The van der Waals surface area contributed by atoms with Crippen LogP contribution >= 0.6 is 0 Å². The van der Waals surface area contributed by atoms with E-state index in [1.807, 2.05) is 17.0 Å². The predicted octanol–water partition coefficient (Wildman–Crippen LogP) is 4.31. The van der Waals surface area contributed by atoms with Crippen molar-refractivity contribution in [3.8, 4) is 5.75 Å². The van der Waals surface area contributed by atoms with Crippen LogP contribution < -0.4 is 10.1 Å². The van der Waals surface area contributed by atoms with Crippen LogP contribution in [0.4, 0.5) is 4.79 Å². The number of nitrogens with zero attached hydrogens (tertiary/aromatic N) is 1. The van der Waals surface area contributed by atoms with E-state index in [0.717, 1.165) is 37.1 Å². The first-order chi connectivity index (χ1) is 12.7. The molecule has 2 N–H and O–H groups in total. The fourth-order valence-electron chi connectivity index (χ4n) is 4.10. The van der Waals surface area contributed by atoms with Gasteiger partial charge in [-0.05, 0) is 43.0 Å². The summed E-state index contributed by atoms with van der Waals surface area (Å²) in [5, 5.41) is 4.39. The number of aromatic nitrogens is 1. The predicted molar refractivity (Wildman–Crippen MR) is 104 cm³/mol. The van der Waals surface area contributed by atoms with Crippen LogP contribution in [0.3, 0.4) is 0 Å². The summed E-state index contributed by atoms with van der Waals surface area (Å²) < 4.78 is 5.36. The lowest BCUT2D eigenvalue weighted by molar-refractivity contribution is 0.195. The van der Waals surface area contributed by atoms with Gasteiger partial charge in [-0.2, -0.15) is 0 Å². The smallest absolute Gasteiger partial charge is 0.317 e. The van der Waals surface area contributed by atoms with Crippen LogP contribution in [0.25, 0.3) is 16.5 Å². The molecular formula is C21H27N3O2. The Balaban J connectivity index is 1.45. The molecule has 0 bridgehead atoms. The van der Waals surface area contributed by atoms with E-state index in [0.29, 0.717) is 12.6 Å². The Morgan fingerprint density at radius 2 is 2.12 bits per heavy atom. The van der Waals surface area contributed by atoms with E-state index in [-0.39, 0.29) is 6.03 Å². The Morgan fingerprint density at radius 1 is 1.27 bits per heavy atom. The van der Waals surface area contributed by atoms with Crippen LogP contribution in [0.5, 0.6) is 5.75 Å². The van der Waals surface area contributed by atoms with E-state index in [4.69, 9.17) is 4.74 Å². The van der Waals surface area contributed by atoms with Crippen molar-refractivity contribution in [2.45, 2.75) is 44.6 Å². The van der Waals surface area contributed by atoms with Gasteiger partial charge in [-0.15, -0.1) is 0 Å². The third kappa shape index (κ3) is 3.43. The molecule has 1 aromatic heterocycles. The molecule has 1 fully saturated rings. The van der Waals surface area contributed by atoms with Crippen molar-refractivity contribution in [3.05, 3.63) is 36.0 Å². The van der Waals surface area contributed by atoms with Gasteiger partial charge in [-0.1, -0.05) is 25.3 Å². The molecule has 0 unspecified atom stereocenters. The van der Waals surface area contributed by atoms with Crippen molar-refractivity contribution in [2.75, 3.05) is 20.2 Å². The second kappa shape index (κ2) is 7.44. The third-order valence-electron chi connectivity index (χ3n) is 5.66. The van der Waals surface area contributed by atoms with Gasteiger partial charge in [0, 0.05) is 41.8 Å². The van der Waals surface area contributed by atoms with Crippen molar-refractivity contribution in [3.63, 3.8) is 0 Å². The van der Waals surface area contributed by atoms with Crippen molar-refractivity contribution < 1.29 is 9.53 Å². The van der Waals surface area contributed by atoms with Gasteiger partial charge in [-0.25, -0.2) is 4.79 Å². The monoisotopic (exact) mass is 353 g/mol. The lowest BCUT2D eigenvalue weighted by Gasteiger charge is -2.30.